The summed E-state index contributed by atoms with van der Waals surface area (Å²) in [6, 6.07) is 4.79. The summed E-state index contributed by atoms with van der Waals surface area (Å²) in [6.07, 6.45) is 2.91. The maximum Gasteiger partial charge on any atom is 0.244 e. The topological polar surface area (TPSA) is 83.6 Å². The molecule has 0 fully saturated rings. The molecule has 0 aliphatic carbocycles. The maximum atomic E-state index is 11.8. The first-order chi connectivity index (χ1) is 9.58. The van der Waals surface area contributed by atoms with E-state index in [1.807, 2.05) is 0 Å². The van der Waals surface area contributed by atoms with Crippen molar-refractivity contribution >= 4 is 35.2 Å². The quantitative estimate of drug-likeness (QED) is 0.849. The number of hydrogen-bond donors (Lipinski definition) is 2. The van der Waals surface area contributed by atoms with Crippen molar-refractivity contribution in [1.29, 1.82) is 0 Å². The molecule has 0 saturated heterocycles. The second-order valence-corrected chi connectivity index (χ2v) is 4.78. The van der Waals surface area contributed by atoms with Gasteiger partial charge in [0.2, 0.25) is 5.91 Å². The van der Waals surface area contributed by atoms with Crippen LogP contribution < -0.4 is 5.32 Å². The van der Waals surface area contributed by atoms with Gasteiger partial charge in [0.1, 0.15) is 0 Å². The predicted molar refractivity (Wildman–Crippen MR) is 76.2 cm³/mol. The molecule has 0 aliphatic rings. The third-order valence-corrected chi connectivity index (χ3v) is 3.17. The Hall–Kier alpha value is -1.92. The van der Waals surface area contributed by atoms with Crippen LogP contribution in [0.2, 0.25) is 10.0 Å². The fourth-order valence-corrected chi connectivity index (χ4v) is 2.03. The van der Waals surface area contributed by atoms with Crippen LogP contribution in [0.15, 0.2) is 24.3 Å². The molecule has 0 radical (unpaired) electrons. The zero-order valence-electron chi connectivity index (χ0n) is 10.5. The second-order valence-electron chi connectivity index (χ2n) is 3.97. The van der Waals surface area contributed by atoms with E-state index in [9.17, 15) is 4.79 Å². The van der Waals surface area contributed by atoms with E-state index >= 15 is 0 Å². The van der Waals surface area contributed by atoms with E-state index in [-0.39, 0.29) is 11.9 Å². The number of nitrogens with zero attached hydrogens (tertiary/aromatic N) is 3. The monoisotopic (exact) mass is 311 g/mol. The number of aromatic nitrogens is 4. The highest BCUT2D eigenvalue weighted by molar-refractivity contribution is 6.37. The van der Waals surface area contributed by atoms with Crippen molar-refractivity contribution in [1.82, 2.24) is 25.9 Å². The van der Waals surface area contributed by atoms with Gasteiger partial charge in [-0.3, -0.25) is 4.79 Å². The number of hydrogen-bond acceptors (Lipinski definition) is 4. The van der Waals surface area contributed by atoms with Crippen LogP contribution in [0.25, 0.3) is 6.08 Å². The highest BCUT2D eigenvalue weighted by atomic mass is 35.5. The summed E-state index contributed by atoms with van der Waals surface area (Å²) in [7, 11) is 0. The van der Waals surface area contributed by atoms with Crippen molar-refractivity contribution in [2.75, 3.05) is 0 Å². The van der Waals surface area contributed by atoms with Crippen LogP contribution in [-0.2, 0) is 4.79 Å². The maximum absolute atomic E-state index is 11.8. The molecule has 2 N–H and O–H groups in total. The molecule has 1 unspecified atom stereocenters. The lowest BCUT2D eigenvalue weighted by Gasteiger charge is -2.07. The van der Waals surface area contributed by atoms with Gasteiger partial charge in [0, 0.05) is 21.7 Å². The Bertz CT molecular complexity index is 607. The molecule has 1 amide bonds. The zero-order chi connectivity index (χ0) is 14.5. The van der Waals surface area contributed by atoms with Crippen molar-refractivity contribution in [3.63, 3.8) is 0 Å². The van der Waals surface area contributed by atoms with Gasteiger partial charge in [-0.05, 0) is 25.1 Å². The van der Waals surface area contributed by atoms with E-state index in [1.54, 1.807) is 31.2 Å². The lowest BCUT2D eigenvalue weighted by Crippen LogP contribution is -2.25. The third kappa shape index (κ3) is 3.55. The molecule has 1 aromatic carbocycles. The van der Waals surface area contributed by atoms with Gasteiger partial charge in [-0.1, -0.05) is 34.5 Å². The number of carbonyl (C=O) groups is 1. The zero-order valence-corrected chi connectivity index (χ0v) is 12.0. The summed E-state index contributed by atoms with van der Waals surface area (Å²) in [4.78, 5) is 11.8. The molecule has 2 aromatic rings. The molecular formula is C12H11Cl2N5O. The minimum Gasteiger partial charge on any atom is -0.343 e. The molecule has 0 aliphatic heterocycles. The third-order valence-electron chi connectivity index (χ3n) is 2.51. The largest absolute Gasteiger partial charge is 0.343 e. The van der Waals surface area contributed by atoms with Crippen LogP contribution in [0, 0.1) is 0 Å². The van der Waals surface area contributed by atoms with E-state index in [0.29, 0.717) is 21.4 Å². The summed E-state index contributed by atoms with van der Waals surface area (Å²) >= 11 is 12.0. The van der Waals surface area contributed by atoms with Gasteiger partial charge < -0.3 is 5.32 Å². The minimum absolute atomic E-state index is 0.307. The van der Waals surface area contributed by atoms with E-state index in [1.165, 1.54) is 6.08 Å². The number of aromatic amines is 1. The number of amides is 1. The Morgan fingerprint density at radius 2 is 2.10 bits per heavy atom. The summed E-state index contributed by atoms with van der Waals surface area (Å²) < 4.78 is 0. The summed E-state index contributed by atoms with van der Waals surface area (Å²) in [5.41, 5.74) is 0.596. The molecule has 1 aromatic heterocycles. The van der Waals surface area contributed by atoms with Crippen molar-refractivity contribution in [3.05, 3.63) is 45.7 Å². The first kappa shape index (κ1) is 14.5. The molecular weight excluding hydrogens is 301 g/mol. The Morgan fingerprint density at radius 3 is 2.70 bits per heavy atom. The number of nitrogens with one attached hydrogen (secondary N) is 2. The summed E-state index contributed by atoms with van der Waals surface area (Å²) in [6.45, 7) is 1.75. The SMILES string of the molecule is CC(NC(=O)C=Cc1c(Cl)cccc1Cl)c1nn[nH]n1. The molecule has 0 spiro atoms. The molecule has 2 rings (SSSR count). The van der Waals surface area contributed by atoms with Crippen molar-refractivity contribution in [2.24, 2.45) is 0 Å². The summed E-state index contributed by atoms with van der Waals surface area (Å²) in [5.74, 6) is 0.0980. The smallest absolute Gasteiger partial charge is 0.244 e. The van der Waals surface area contributed by atoms with Crippen LogP contribution in [0.3, 0.4) is 0 Å². The highest BCUT2D eigenvalue weighted by Crippen LogP contribution is 2.25. The van der Waals surface area contributed by atoms with Crippen LogP contribution in [0.1, 0.15) is 24.4 Å². The van der Waals surface area contributed by atoms with Gasteiger partial charge in [0.15, 0.2) is 5.82 Å². The van der Waals surface area contributed by atoms with Gasteiger partial charge in [-0.2, -0.15) is 5.21 Å². The van der Waals surface area contributed by atoms with Gasteiger partial charge in [-0.25, -0.2) is 0 Å². The molecule has 104 valence electrons. The van der Waals surface area contributed by atoms with Crippen LogP contribution in [0.4, 0.5) is 0 Å². The molecule has 6 nitrogen and oxygen atoms in total. The van der Waals surface area contributed by atoms with Crippen LogP contribution in [-0.4, -0.2) is 26.5 Å². The number of H-pyrrole nitrogens is 1. The predicted octanol–water partition coefficient (Wildman–Crippen LogP) is 2.40. The number of carbonyl (C=O) groups excluding carboxylic acids is 1. The van der Waals surface area contributed by atoms with Crippen molar-refractivity contribution < 1.29 is 4.79 Å². The Labute approximate surface area is 125 Å². The highest BCUT2D eigenvalue weighted by Gasteiger charge is 2.11. The first-order valence-electron chi connectivity index (χ1n) is 5.74. The van der Waals surface area contributed by atoms with Crippen molar-refractivity contribution in [2.45, 2.75) is 13.0 Å². The van der Waals surface area contributed by atoms with Crippen LogP contribution >= 0.6 is 23.2 Å². The van der Waals surface area contributed by atoms with Gasteiger partial charge in [0.25, 0.3) is 0 Å². The van der Waals surface area contributed by atoms with Crippen molar-refractivity contribution in [3.8, 4) is 0 Å². The number of halogens is 2. The van der Waals surface area contributed by atoms with E-state index in [0.717, 1.165) is 0 Å². The average Bonchev–Trinajstić information content (AvgIpc) is 2.92. The Morgan fingerprint density at radius 1 is 1.40 bits per heavy atom. The Kier molecular flexibility index (Phi) is 4.70. The van der Waals surface area contributed by atoms with E-state index in [2.05, 4.69) is 25.9 Å². The molecule has 0 bridgehead atoms. The molecule has 1 atom stereocenters. The lowest BCUT2D eigenvalue weighted by molar-refractivity contribution is -0.117. The minimum atomic E-state index is -0.354. The fourth-order valence-electron chi connectivity index (χ4n) is 1.51. The molecule has 1 heterocycles. The van der Waals surface area contributed by atoms with Gasteiger partial charge >= 0.3 is 0 Å². The van der Waals surface area contributed by atoms with Gasteiger partial charge in [-0.15, -0.1) is 10.2 Å². The normalized spacial score (nSPS) is 12.6. The first-order valence-corrected chi connectivity index (χ1v) is 6.49. The molecule has 8 heteroatoms. The van der Waals surface area contributed by atoms with E-state index < -0.39 is 0 Å². The number of benzene rings is 1. The lowest BCUT2D eigenvalue weighted by atomic mass is 10.2. The molecule has 20 heavy (non-hydrogen) atoms. The average molecular weight is 312 g/mol. The van der Waals surface area contributed by atoms with Crippen LogP contribution in [0.5, 0.6) is 0 Å². The number of tetrazole rings is 1. The summed E-state index contributed by atoms with van der Waals surface area (Å²) in [5, 5.41) is 17.0. The Balaban J connectivity index is 2.03. The van der Waals surface area contributed by atoms with E-state index in [4.69, 9.17) is 23.2 Å². The fraction of sp³-hybridized carbons (Fsp3) is 0.167. The standard InChI is InChI=1S/C12H11Cl2N5O/c1-7(12-16-18-19-17-12)15-11(20)6-5-8-9(13)3-2-4-10(8)14/h2-7H,1H3,(H,15,20)(H,16,17,18,19). The molecule has 0 saturated carbocycles. The number of rotatable bonds is 4. The second kappa shape index (κ2) is 6.49. The van der Waals surface area contributed by atoms with Gasteiger partial charge in [0.05, 0.1) is 6.04 Å².